The minimum atomic E-state index is -0.646. The van der Waals surface area contributed by atoms with Crippen LogP contribution in [-0.4, -0.2) is 25.7 Å². The first kappa shape index (κ1) is 21.3. The Hall–Kier alpha value is -4.25. The van der Waals surface area contributed by atoms with E-state index >= 15 is 0 Å². The van der Waals surface area contributed by atoms with Crippen LogP contribution in [0.3, 0.4) is 0 Å². The molecule has 174 valence electrons. The number of aryl methyl sites for hydroxylation is 1. The first-order valence-electron chi connectivity index (χ1n) is 12.1. The fourth-order valence-electron chi connectivity index (χ4n) is 5.25. The van der Waals surface area contributed by atoms with Crippen molar-refractivity contribution in [2.24, 2.45) is 0 Å². The van der Waals surface area contributed by atoms with Gasteiger partial charge in [-0.1, -0.05) is 38.0 Å². The number of nitrogens with one attached hydrogen (secondary N) is 2. The molecular weight excluding hydrogens is 438 g/mol. The lowest BCUT2D eigenvalue weighted by molar-refractivity contribution is -0.116. The molecule has 0 spiro atoms. The average molecular weight is 464 g/mol. The van der Waals surface area contributed by atoms with Gasteiger partial charge in [0.2, 0.25) is 11.9 Å². The van der Waals surface area contributed by atoms with Gasteiger partial charge in [0.1, 0.15) is 5.92 Å². The van der Waals surface area contributed by atoms with Crippen LogP contribution >= 0.6 is 0 Å². The first-order chi connectivity index (χ1) is 17.1. The van der Waals surface area contributed by atoms with Crippen LogP contribution in [0.15, 0.2) is 48.7 Å². The smallest absolute Gasteiger partial charge is 0.238 e. The highest BCUT2D eigenvalue weighted by atomic mass is 16.2. The Bertz CT molecular complexity index is 1490. The van der Waals surface area contributed by atoms with Crippen molar-refractivity contribution in [2.45, 2.75) is 51.0 Å². The van der Waals surface area contributed by atoms with Gasteiger partial charge >= 0.3 is 0 Å². The molecular formula is C27H25N7O. The number of hydrogen-bond acceptors (Lipinski definition) is 6. The van der Waals surface area contributed by atoms with Gasteiger partial charge in [0.15, 0.2) is 5.65 Å². The Labute approximate surface area is 203 Å². The van der Waals surface area contributed by atoms with Crippen LogP contribution in [0.1, 0.15) is 67.0 Å². The number of carbonyl (C=O) groups excluding carboxylic acids is 1. The summed E-state index contributed by atoms with van der Waals surface area (Å²) in [6.45, 7) is 2.10. The van der Waals surface area contributed by atoms with Crippen molar-refractivity contribution >= 4 is 34.3 Å². The molecule has 0 radical (unpaired) electrons. The maximum absolute atomic E-state index is 13.2. The van der Waals surface area contributed by atoms with E-state index < -0.39 is 5.92 Å². The summed E-state index contributed by atoms with van der Waals surface area (Å²) in [4.78, 5) is 22.8. The maximum Gasteiger partial charge on any atom is 0.238 e. The molecule has 1 atom stereocenters. The third-order valence-corrected chi connectivity index (χ3v) is 7.06. The average Bonchev–Trinajstić information content (AvgIpc) is 3.61. The van der Waals surface area contributed by atoms with Crippen LogP contribution in [0.4, 0.5) is 17.3 Å². The van der Waals surface area contributed by atoms with E-state index in [1.165, 1.54) is 12.8 Å². The van der Waals surface area contributed by atoms with E-state index in [-0.39, 0.29) is 5.91 Å². The molecule has 1 saturated carbocycles. The van der Waals surface area contributed by atoms with E-state index in [1.54, 1.807) is 18.2 Å². The molecule has 6 rings (SSSR count). The highest BCUT2D eigenvalue weighted by Gasteiger charge is 2.36. The highest BCUT2D eigenvalue weighted by molar-refractivity contribution is 6.06. The Balaban J connectivity index is 1.52. The van der Waals surface area contributed by atoms with Crippen molar-refractivity contribution < 1.29 is 4.79 Å². The molecule has 1 aliphatic carbocycles. The summed E-state index contributed by atoms with van der Waals surface area (Å²) in [5.41, 5.74) is 5.21. The van der Waals surface area contributed by atoms with Gasteiger partial charge in [0.25, 0.3) is 0 Å². The number of anilines is 3. The van der Waals surface area contributed by atoms with Crippen molar-refractivity contribution in [3.05, 3.63) is 71.0 Å². The topological polar surface area (TPSA) is 109 Å². The molecule has 0 saturated heterocycles. The van der Waals surface area contributed by atoms with Gasteiger partial charge in [0, 0.05) is 17.6 Å². The van der Waals surface area contributed by atoms with Gasteiger partial charge in [0.05, 0.1) is 28.8 Å². The number of aromatic nitrogens is 4. The molecule has 1 aliphatic heterocycles. The van der Waals surface area contributed by atoms with E-state index in [0.29, 0.717) is 34.6 Å². The molecule has 1 unspecified atom stereocenters. The number of carbonyl (C=O) groups is 1. The second kappa shape index (κ2) is 8.51. The van der Waals surface area contributed by atoms with Gasteiger partial charge in [-0.3, -0.25) is 9.48 Å². The summed E-state index contributed by atoms with van der Waals surface area (Å²) >= 11 is 0. The molecule has 1 amide bonds. The van der Waals surface area contributed by atoms with Crippen molar-refractivity contribution in [1.29, 1.82) is 5.26 Å². The Morgan fingerprint density at radius 1 is 1.17 bits per heavy atom. The number of benzene rings is 2. The predicted molar refractivity (Wildman–Crippen MR) is 134 cm³/mol. The number of nitrogens with zero attached hydrogens (tertiary/aromatic N) is 5. The van der Waals surface area contributed by atoms with Crippen LogP contribution < -0.4 is 10.6 Å². The predicted octanol–water partition coefficient (Wildman–Crippen LogP) is 5.20. The summed E-state index contributed by atoms with van der Waals surface area (Å²) < 4.78 is 2.00. The third-order valence-electron chi connectivity index (χ3n) is 7.06. The van der Waals surface area contributed by atoms with Crippen molar-refractivity contribution in [2.75, 3.05) is 10.6 Å². The van der Waals surface area contributed by atoms with Gasteiger partial charge in [-0.25, -0.2) is 4.98 Å². The quantitative estimate of drug-likeness (QED) is 0.421. The molecule has 3 heterocycles. The standard InChI is InChI=1S/C27H25N7O/c1-2-17-7-3-6-10-21(17)30-27-31-24(20-15-34(33-25(20)32-27)18-8-4-5-9-18)23-19-13-16(14-28)11-12-22(19)29-26(23)35/h3,6-7,10-13,15,18,23H,2,4-5,8-9H2,1H3,(H,29,35)(H,30,32,33). The van der Waals surface area contributed by atoms with Crippen LogP contribution in [0.25, 0.3) is 11.0 Å². The van der Waals surface area contributed by atoms with Gasteiger partial charge in [-0.2, -0.15) is 15.3 Å². The molecule has 35 heavy (non-hydrogen) atoms. The number of amides is 1. The Morgan fingerprint density at radius 2 is 2.00 bits per heavy atom. The molecule has 4 aromatic rings. The summed E-state index contributed by atoms with van der Waals surface area (Å²) in [6, 6.07) is 15.8. The number of fused-ring (bicyclic) bond motifs is 2. The second-order valence-corrected chi connectivity index (χ2v) is 9.19. The number of rotatable bonds is 5. The van der Waals surface area contributed by atoms with Crippen LogP contribution in [0.5, 0.6) is 0 Å². The summed E-state index contributed by atoms with van der Waals surface area (Å²) in [5.74, 6) is -0.404. The van der Waals surface area contributed by atoms with E-state index in [0.717, 1.165) is 41.5 Å². The Kier molecular flexibility index (Phi) is 5.18. The molecule has 2 N–H and O–H groups in total. The van der Waals surface area contributed by atoms with Gasteiger partial charge in [-0.05, 0) is 54.7 Å². The third kappa shape index (κ3) is 3.69. The Morgan fingerprint density at radius 3 is 2.80 bits per heavy atom. The summed E-state index contributed by atoms with van der Waals surface area (Å²) in [6.07, 6.45) is 7.41. The molecule has 8 heteroatoms. The molecule has 2 aliphatic rings. The molecule has 2 aromatic carbocycles. The minimum absolute atomic E-state index is 0.163. The molecule has 0 bridgehead atoms. The lowest BCUT2D eigenvalue weighted by atomic mass is 9.94. The molecule has 1 fully saturated rings. The molecule has 8 nitrogen and oxygen atoms in total. The van der Waals surface area contributed by atoms with E-state index in [2.05, 4.69) is 29.7 Å². The number of hydrogen-bond donors (Lipinski definition) is 2. The normalized spacial score (nSPS) is 17.4. The van der Waals surface area contributed by atoms with Crippen molar-refractivity contribution in [3.8, 4) is 6.07 Å². The first-order valence-corrected chi connectivity index (χ1v) is 12.1. The lowest BCUT2D eigenvalue weighted by Gasteiger charge is -2.13. The lowest BCUT2D eigenvalue weighted by Crippen LogP contribution is -2.16. The fraction of sp³-hybridized carbons (Fsp3) is 0.296. The number of para-hydroxylation sites is 1. The highest BCUT2D eigenvalue weighted by Crippen LogP contribution is 2.40. The zero-order valence-electron chi connectivity index (χ0n) is 19.5. The second-order valence-electron chi connectivity index (χ2n) is 9.19. The monoisotopic (exact) mass is 463 g/mol. The molecule has 2 aromatic heterocycles. The van der Waals surface area contributed by atoms with E-state index in [1.807, 2.05) is 29.1 Å². The fourth-order valence-corrected chi connectivity index (χ4v) is 5.25. The van der Waals surface area contributed by atoms with Gasteiger partial charge < -0.3 is 10.6 Å². The van der Waals surface area contributed by atoms with Crippen LogP contribution in [-0.2, 0) is 11.2 Å². The zero-order chi connectivity index (χ0) is 23.9. The summed E-state index contributed by atoms with van der Waals surface area (Å²) in [5, 5.41) is 21.4. The van der Waals surface area contributed by atoms with Crippen molar-refractivity contribution in [3.63, 3.8) is 0 Å². The van der Waals surface area contributed by atoms with E-state index in [4.69, 9.17) is 15.1 Å². The number of nitriles is 1. The van der Waals surface area contributed by atoms with E-state index in [9.17, 15) is 10.1 Å². The van der Waals surface area contributed by atoms with Gasteiger partial charge in [-0.15, -0.1) is 0 Å². The largest absolute Gasteiger partial charge is 0.325 e. The summed E-state index contributed by atoms with van der Waals surface area (Å²) in [7, 11) is 0. The van der Waals surface area contributed by atoms with Crippen LogP contribution in [0.2, 0.25) is 0 Å². The maximum atomic E-state index is 13.2. The van der Waals surface area contributed by atoms with Crippen molar-refractivity contribution in [1.82, 2.24) is 19.7 Å². The van der Waals surface area contributed by atoms with Crippen LogP contribution in [0, 0.1) is 11.3 Å². The zero-order valence-corrected chi connectivity index (χ0v) is 19.5. The SMILES string of the molecule is CCc1ccccc1Nc1nc(C2C(=O)Nc3ccc(C#N)cc32)c2cn(C3CCCC3)nc2n1. The minimum Gasteiger partial charge on any atom is -0.325 e.